The average Bonchev–Trinajstić information content (AvgIpc) is 2.92. The zero-order chi connectivity index (χ0) is 13.7. The van der Waals surface area contributed by atoms with Crippen molar-refractivity contribution in [2.24, 2.45) is 5.92 Å². The third kappa shape index (κ3) is 4.00. The van der Waals surface area contributed by atoms with Crippen LogP contribution >= 0.6 is 11.8 Å². The molecule has 0 saturated heterocycles. The number of nitrogens with one attached hydrogen (secondary N) is 2. The summed E-state index contributed by atoms with van der Waals surface area (Å²) in [5.41, 5.74) is 0. The summed E-state index contributed by atoms with van der Waals surface area (Å²) < 4.78 is 0. The summed E-state index contributed by atoms with van der Waals surface area (Å²) in [6.07, 6.45) is 7.44. The highest BCUT2D eigenvalue weighted by Gasteiger charge is 2.21. The molecule has 0 aliphatic heterocycles. The summed E-state index contributed by atoms with van der Waals surface area (Å²) in [6.45, 7) is 5.22. The number of aromatic nitrogens is 2. The highest BCUT2D eigenvalue weighted by Crippen LogP contribution is 2.29. The van der Waals surface area contributed by atoms with Crippen molar-refractivity contribution in [2.45, 2.75) is 50.7 Å². The third-order valence-electron chi connectivity index (χ3n) is 3.73. The highest BCUT2D eigenvalue weighted by atomic mass is 32.2. The lowest BCUT2D eigenvalue weighted by Crippen LogP contribution is -2.24. The van der Waals surface area contributed by atoms with Crippen molar-refractivity contribution in [3.8, 4) is 0 Å². The van der Waals surface area contributed by atoms with Crippen LogP contribution in [-0.4, -0.2) is 28.8 Å². The van der Waals surface area contributed by atoms with Gasteiger partial charge < -0.3 is 10.6 Å². The molecule has 1 saturated carbocycles. The van der Waals surface area contributed by atoms with Gasteiger partial charge in [0, 0.05) is 18.7 Å². The molecule has 1 aliphatic carbocycles. The van der Waals surface area contributed by atoms with E-state index in [9.17, 15) is 0 Å². The van der Waals surface area contributed by atoms with E-state index >= 15 is 0 Å². The van der Waals surface area contributed by atoms with Crippen LogP contribution in [0.4, 0.5) is 11.6 Å². The average molecular weight is 280 g/mol. The first-order chi connectivity index (χ1) is 9.22. The zero-order valence-electron chi connectivity index (χ0n) is 12.1. The quantitative estimate of drug-likeness (QED) is 0.615. The minimum atomic E-state index is 0.488. The Bertz CT molecular complexity index is 404. The zero-order valence-corrected chi connectivity index (χ0v) is 12.9. The Morgan fingerprint density at radius 3 is 2.63 bits per heavy atom. The number of hydrogen-bond donors (Lipinski definition) is 2. The van der Waals surface area contributed by atoms with Crippen molar-refractivity contribution in [1.29, 1.82) is 0 Å². The molecule has 1 aliphatic rings. The van der Waals surface area contributed by atoms with Gasteiger partial charge in [-0.2, -0.15) is 0 Å². The van der Waals surface area contributed by atoms with Crippen LogP contribution in [0.3, 0.4) is 0 Å². The second-order valence-electron chi connectivity index (χ2n) is 5.13. The van der Waals surface area contributed by atoms with E-state index in [4.69, 9.17) is 0 Å². The molecule has 0 radical (unpaired) electrons. The summed E-state index contributed by atoms with van der Waals surface area (Å²) in [6, 6.07) is 2.50. The van der Waals surface area contributed by atoms with E-state index in [1.165, 1.54) is 25.7 Å². The van der Waals surface area contributed by atoms with Gasteiger partial charge in [-0.3, -0.25) is 0 Å². The lowest BCUT2D eigenvalue weighted by molar-refractivity contribution is 0.481. The molecule has 5 heteroatoms. The van der Waals surface area contributed by atoms with Crippen molar-refractivity contribution in [1.82, 2.24) is 9.97 Å². The van der Waals surface area contributed by atoms with E-state index in [-0.39, 0.29) is 0 Å². The lowest BCUT2D eigenvalue weighted by Gasteiger charge is -2.21. The van der Waals surface area contributed by atoms with E-state index in [2.05, 4.69) is 34.4 Å². The Kier molecular flexibility index (Phi) is 5.31. The molecule has 4 nitrogen and oxygen atoms in total. The molecule has 2 rings (SSSR count). The molecule has 106 valence electrons. The second-order valence-corrected chi connectivity index (χ2v) is 5.91. The van der Waals surface area contributed by atoms with Gasteiger partial charge in [-0.1, -0.05) is 24.6 Å². The largest absolute Gasteiger partial charge is 0.370 e. The monoisotopic (exact) mass is 280 g/mol. The Labute approximate surface area is 120 Å². The van der Waals surface area contributed by atoms with Crippen molar-refractivity contribution in [2.75, 3.05) is 23.4 Å². The molecule has 0 spiro atoms. The van der Waals surface area contributed by atoms with Gasteiger partial charge in [-0.15, -0.1) is 0 Å². The Balaban J connectivity index is 2.07. The number of anilines is 2. The minimum absolute atomic E-state index is 0.488. The van der Waals surface area contributed by atoms with Crippen LogP contribution in [0.25, 0.3) is 0 Å². The summed E-state index contributed by atoms with van der Waals surface area (Å²) in [4.78, 5) is 8.99. The standard InChI is InChI=1S/C14H24N4S/c1-4-15-12-9-13(18-14(17-12)19-3)16-10(2)11-7-5-6-8-11/h9-11H,4-8H2,1-3H3,(H2,15,16,17,18). The maximum Gasteiger partial charge on any atom is 0.191 e. The smallest absolute Gasteiger partial charge is 0.191 e. The van der Waals surface area contributed by atoms with E-state index in [0.717, 1.165) is 29.3 Å². The van der Waals surface area contributed by atoms with Gasteiger partial charge in [0.1, 0.15) is 11.6 Å². The molecule has 1 atom stereocenters. The normalized spacial score (nSPS) is 17.4. The van der Waals surface area contributed by atoms with Crippen molar-refractivity contribution >= 4 is 23.4 Å². The molecule has 0 bridgehead atoms. The molecule has 19 heavy (non-hydrogen) atoms. The molecule has 1 aromatic rings. The molecule has 1 fully saturated rings. The first kappa shape index (κ1) is 14.4. The Morgan fingerprint density at radius 2 is 2.00 bits per heavy atom. The molecular formula is C14H24N4S. The SMILES string of the molecule is CCNc1cc(NC(C)C2CCCC2)nc(SC)n1. The van der Waals surface area contributed by atoms with Gasteiger partial charge in [0.2, 0.25) is 0 Å². The predicted molar refractivity (Wildman–Crippen MR) is 83.0 cm³/mol. The molecule has 1 heterocycles. The predicted octanol–water partition coefficient (Wildman–Crippen LogP) is 3.62. The fourth-order valence-corrected chi connectivity index (χ4v) is 3.05. The van der Waals surface area contributed by atoms with Crippen LogP contribution in [0.15, 0.2) is 11.2 Å². The number of rotatable bonds is 6. The first-order valence-electron chi connectivity index (χ1n) is 7.16. The van der Waals surface area contributed by atoms with E-state index < -0.39 is 0 Å². The van der Waals surface area contributed by atoms with Crippen LogP contribution in [-0.2, 0) is 0 Å². The van der Waals surface area contributed by atoms with Gasteiger partial charge in [0.25, 0.3) is 0 Å². The summed E-state index contributed by atoms with van der Waals surface area (Å²) in [7, 11) is 0. The van der Waals surface area contributed by atoms with Crippen LogP contribution < -0.4 is 10.6 Å². The van der Waals surface area contributed by atoms with Gasteiger partial charge in [-0.25, -0.2) is 9.97 Å². The van der Waals surface area contributed by atoms with Gasteiger partial charge in [-0.05, 0) is 38.9 Å². The van der Waals surface area contributed by atoms with Crippen molar-refractivity contribution in [3.05, 3.63) is 6.07 Å². The molecule has 2 N–H and O–H groups in total. The molecule has 1 unspecified atom stereocenters. The molecule has 1 aromatic heterocycles. The van der Waals surface area contributed by atoms with E-state index in [0.29, 0.717) is 6.04 Å². The number of thioether (sulfide) groups is 1. The summed E-state index contributed by atoms with van der Waals surface area (Å²) in [5.74, 6) is 2.63. The lowest BCUT2D eigenvalue weighted by atomic mass is 10.00. The fraction of sp³-hybridized carbons (Fsp3) is 0.714. The highest BCUT2D eigenvalue weighted by molar-refractivity contribution is 7.98. The topological polar surface area (TPSA) is 49.8 Å². The van der Waals surface area contributed by atoms with E-state index in [1.807, 2.05) is 12.3 Å². The first-order valence-corrected chi connectivity index (χ1v) is 8.39. The third-order valence-corrected chi connectivity index (χ3v) is 4.28. The molecule has 0 aromatic carbocycles. The Morgan fingerprint density at radius 1 is 1.32 bits per heavy atom. The van der Waals surface area contributed by atoms with Crippen LogP contribution in [0.2, 0.25) is 0 Å². The fourth-order valence-electron chi connectivity index (χ4n) is 2.67. The van der Waals surface area contributed by atoms with Crippen molar-refractivity contribution in [3.63, 3.8) is 0 Å². The van der Waals surface area contributed by atoms with Crippen LogP contribution in [0, 0.1) is 5.92 Å². The number of nitrogens with zero attached hydrogens (tertiary/aromatic N) is 2. The second kappa shape index (κ2) is 6.98. The maximum atomic E-state index is 4.55. The van der Waals surface area contributed by atoms with Gasteiger partial charge in [0.05, 0.1) is 0 Å². The minimum Gasteiger partial charge on any atom is -0.370 e. The molecular weight excluding hydrogens is 256 g/mol. The van der Waals surface area contributed by atoms with Gasteiger partial charge >= 0.3 is 0 Å². The van der Waals surface area contributed by atoms with E-state index in [1.54, 1.807) is 11.8 Å². The number of hydrogen-bond acceptors (Lipinski definition) is 5. The summed E-state index contributed by atoms with van der Waals surface area (Å²) in [5, 5.41) is 7.63. The Hall–Kier alpha value is -0.970. The van der Waals surface area contributed by atoms with Crippen LogP contribution in [0.1, 0.15) is 39.5 Å². The van der Waals surface area contributed by atoms with Crippen LogP contribution in [0.5, 0.6) is 0 Å². The van der Waals surface area contributed by atoms with Gasteiger partial charge in [0.15, 0.2) is 5.16 Å². The molecule has 0 amide bonds. The summed E-state index contributed by atoms with van der Waals surface area (Å²) >= 11 is 1.58. The van der Waals surface area contributed by atoms with Crippen molar-refractivity contribution < 1.29 is 0 Å². The maximum absolute atomic E-state index is 4.55.